The number of rotatable bonds is 6. The van der Waals surface area contributed by atoms with Crippen LogP contribution in [0.2, 0.25) is 0 Å². The van der Waals surface area contributed by atoms with Gasteiger partial charge in [-0.1, -0.05) is 0 Å². The number of hydrogen-bond donors (Lipinski definition) is 2. The van der Waals surface area contributed by atoms with E-state index in [4.69, 9.17) is 15.2 Å². The van der Waals surface area contributed by atoms with Crippen molar-refractivity contribution >= 4 is 5.91 Å². The first-order chi connectivity index (χ1) is 8.22. The number of amides is 1. The predicted molar refractivity (Wildman–Crippen MR) is 64.7 cm³/mol. The maximum absolute atomic E-state index is 11.7. The molecule has 0 saturated carbocycles. The number of hydrogen-bond acceptors (Lipinski definition) is 5. The molecule has 0 aliphatic carbocycles. The number of nitrogens with two attached hydrogens (primary N) is 1. The second-order valence-electron chi connectivity index (χ2n) is 4.01. The fourth-order valence-electron chi connectivity index (χ4n) is 1.96. The van der Waals surface area contributed by atoms with Gasteiger partial charge < -0.3 is 20.5 Å². The predicted octanol–water partition coefficient (Wildman–Crippen LogP) is -1.20. The largest absolute Gasteiger partial charge is 0.378 e. The summed E-state index contributed by atoms with van der Waals surface area (Å²) < 4.78 is 10.9. The summed E-state index contributed by atoms with van der Waals surface area (Å²) in [5.41, 5.74) is 5.65. The molecular weight excluding hydrogens is 222 g/mol. The molecule has 0 bridgehead atoms. The van der Waals surface area contributed by atoms with Gasteiger partial charge in [0.1, 0.15) is 6.04 Å². The normalized spacial score (nSPS) is 23.4. The molecule has 0 aromatic carbocycles. The Morgan fingerprint density at radius 3 is 3.06 bits per heavy atom. The van der Waals surface area contributed by atoms with E-state index in [-0.39, 0.29) is 18.1 Å². The van der Waals surface area contributed by atoms with Crippen molar-refractivity contribution in [3.05, 3.63) is 0 Å². The molecule has 100 valence electrons. The van der Waals surface area contributed by atoms with Crippen LogP contribution in [-0.4, -0.2) is 69.5 Å². The number of carbonyl (C=O) groups is 1. The Morgan fingerprint density at radius 1 is 1.71 bits per heavy atom. The summed E-state index contributed by atoms with van der Waals surface area (Å²) >= 11 is 0. The van der Waals surface area contributed by atoms with Gasteiger partial charge in [0, 0.05) is 33.3 Å². The molecule has 0 spiro atoms. The smallest absolute Gasteiger partial charge is 0.239 e. The first kappa shape index (κ1) is 14.4. The summed E-state index contributed by atoms with van der Waals surface area (Å²) in [6, 6.07) is -0.233. The molecule has 6 heteroatoms. The lowest BCUT2D eigenvalue weighted by molar-refractivity contribution is -0.133. The zero-order valence-corrected chi connectivity index (χ0v) is 10.6. The molecule has 0 radical (unpaired) electrons. The van der Waals surface area contributed by atoms with Gasteiger partial charge >= 0.3 is 0 Å². The van der Waals surface area contributed by atoms with Gasteiger partial charge in [-0.3, -0.25) is 9.69 Å². The molecule has 1 aliphatic rings. The van der Waals surface area contributed by atoms with Crippen LogP contribution in [-0.2, 0) is 14.3 Å². The Labute approximate surface area is 102 Å². The van der Waals surface area contributed by atoms with E-state index >= 15 is 0 Å². The molecule has 17 heavy (non-hydrogen) atoms. The minimum Gasteiger partial charge on any atom is -0.378 e. The van der Waals surface area contributed by atoms with Crippen molar-refractivity contribution in [3.8, 4) is 0 Å². The Kier molecular flexibility index (Phi) is 6.43. The Balaban J connectivity index is 2.54. The van der Waals surface area contributed by atoms with Crippen LogP contribution in [0.1, 0.15) is 6.92 Å². The first-order valence-corrected chi connectivity index (χ1v) is 6.08. The molecule has 6 nitrogen and oxygen atoms in total. The molecule has 1 saturated heterocycles. The third kappa shape index (κ3) is 4.23. The minimum atomic E-state index is -0.233. The van der Waals surface area contributed by atoms with Gasteiger partial charge in [-0.2, -0.15) is 0 Å². The lowest BCUT2D eigenvalue weighted by atomic mass is 10.2. The van der Waals surface area contributed by atoms with E-state index in [0.29, 0.717) is 32.9 Å². The molecule has 1 rings (SSSR count). The SMILES string of the molecule is CCOC(CN)CN1CCOCC1C(=O)NC. The average molecular weight is 245 g/mol. The molecule has 0 aromatic rings. The highest BCUT2D eigenvalue weighted by molar-refractivity contribution is 5.81. The Hall–Kier alpha value is -0.690. The number of nitrogens with one attached hydrogen (secondary N) is 1. The van der Waals surface area contributed by atoms with Crippen LogP contribution in [0.25, 0.3) is 0 Å². The van der Waals surface area contributed by atoms with E-state index in [1.165, 1.54) is 0 Å². The van der Waals surface area contributed by atoms with Crippen molar-refractivity contribution in [1.29, 1.82) is 0 Å². The molecule has 3 N–H and O–H groups in total. The Morgan fingerprint density at radius 2 is 2.47 bits per heavy atom. The summed E-state index contributed by atoms with van der Waals surface area (Å²) in [7, 11) is 1.64. The van der Waals surface area contributed by atoms with Crippen LogP contribution in [0.4, 0.5) is 0 Å². The van der Waals surface area contributed by atoms with Gasteiger partial charge in [-0.05, 0) is 6.92 Å². The molecule has 2 unspecified atom stereocenters. The van der Waals surface area contributed by atoms with Crippen LogP contribution >= 0.6 is 0 Å². The minimum absolute atomic E-state index is 0.0167. The highest BCUT2D eigenvalue weighted by Gasteiger charge is 2.30. The van der Waals surface area contributed by atoms with Crippen molar-refractivity contribution in [2.75, 3.05) is 46.5 Å². The molecule has 1 aliphatic heterocycles. The first-order valence-electron chi connectivity index (χ1n) is 6.08. The monoisotopic (exact) mass is 245 g/mol. The fourth-order valence-corrected chi connectivity index (χ4v) is 1.96. The third-order valence-electron chi connectivity index (χ3n) is 2.89. The van der Waals surface area contributed by atoms with Crippen molar-refractivity contribution in [3.63, 3.8) is 0 Å². The average Bonchev–Trinajstić information content (AvgIpc) is 2.38. The Bertz CT molecular complexity index is 238. The number of nitrogens with zero attached hydrogens (tertiary/aromatic N) is 1. The summed E-state index contributed by atoms with van der Waals surface area (Å²) in [6.45, 7) is 5.54. The van der Waals surface area contributed by atoms with Crippen LogP contribution in [0.15, 0.2) is 0 Å². The number of likely N-dealkylation sites (N-methyl/N-ethyl adjacent to an activating group) is 1. The van der Waals surface area contributed by atoms with Crippen molar-refractivity contribution in [2.24, 2.45) is 5.73 Å². The standard InChI is InChI=1S/C11H23N3O3/c1-3-17-9(6-12)7-14-4-5-16-8-10(14)11(15)13-2/h9-10H,3-8,12H2,1-2H3,(H,13,15). The fraction of sp³-hybridized carbons (Fsp3) is 0.909. The maximum Gasteiger partial charge on any atom is 0.239 e. The van der Waals surface area contributed by atoms with E-state index in [0.717, 1.165) is 6.54 Å². The van der Waals surface area contributed by atoms with Gasteiger partial charge in [0.15, 0.2) is 0 Å². The maximum atomic E-state index is 11.7. The highest BCUT2D eigenvalue weighted by Crippen LogP contribution is 2.09. The zero-order valence-electron chi connectivity index (χ0n) is 10.6. The number of morpholine rings is 1. The lowest BCUT2D eigenvalue weighted by Crippen LogP contribution is -2.55. The second kappa shape index (κ2) is 7.60. The van der Waals surface area contributed by atoms with Gasteiger partial charge in [-0.25, -0.2) is 0 Å². The molecule has 1 amide bonds. The summed E-state index contributed by atoms with van der Waals surface area (Å²) in [5, 5.41) is 2.66. The highest BCUT2D eigenvalue weighted by atomic mass is 16.5. The molecule has 1 fully saturated rings. The van der Waals surface area contributed by atoms with Crippen LogP contribution in [0, 0.1) is 0 Å². The summed E-state index contributed by atoms with van der Waals surface area (Å²) in [6.07, 6.45) is -0.0229. The summed E-state index contributed by atoms with van der Waals surface area (Å²) in [4.78, 5) is 13.8. The topological polar surface area (TPSA) is 76.8 Å². The quantitative estimate of drug-likeness (QED) is 0.614. The van der Waals surface area contributed by atoms with Gasteiger partial charge in [0.25, 0.3) is 0 Å². The van der Waals surface area contributed by atoms with Crippen molar-refractivity contribution < 1.29 is 14.3 Å². The van der Waals surface area contributed by atoms with E-state index in [2.05, 4.69) is 10.2 Å². The van der Waals surface area contributed by atoms with E-state index in [1.807, 2.05) is 6.92 Å². The van der Waals surface area contributed by atoms with E-state index < -0.39 is 0 Å². The zero-order chi connectivity index (χ0) is 12.7. The molecule has 2 atom stereocenters. The summed E-state index contributed by atoms with van der Waals surface area (Å²) in [5.74, 6) is -0.0167. The van der Waals surface area contributed by atoms with Crippen LogP contribution < -0.4 is 11.1 Å². The van der Waals surface area contributed by atoms with Gasteiger partial charge in [0.05, 0.1) is 19.3 Å². The van der Waals surface area contributed by atoms with E-state index in [9.17, 15) is 4.79 Å². The number of carbonyl (C=O) groups excluding carboxylic acids is 1. The van der Waals surface area contributed by atoms with Crippen LogP contribution in [0.3, 0.4) is 0 Å². The van der Waals surface area contributed by atoms with E-state index in [1.54, 1.807) is 7.05 Å². The number of ether oxygens (including phenoxy) is 2. The molecular formula is C11H23N3O3. The van der Waals surface area contributed by atoms with Gasteiger partial charge in [0.2, 0.25) is 5.91 Å². The van der Waals surface area contributed by atoms with Crippen LogP contribution in [0.5, 0.6) is 0 Å². The second-order valence-corrected chi connectivity index (χ2v) is 4.01. The van der Waals surface area contributed by atoms with Crippen molar-refractivity contribution in [2.45, 2.75) is 19.1 Å². The third-order valence-corrected chi connectivity index (χ3v) is 2.89. The lowest BCUT2D eigenvalue weighted by Gasteiger charge is -2.36. The molecule has 0 aromatic heterocycles. The van der Waals surface area contributed by atoms with Gasteiger partial charge in [-0.15, -0.1) is 0 Å². The van der Waals surface area contributed by atoms with Crippen molar-refractivity contribution in [1.82, 2.24) is 10.2 Å². The molecule has 1 heterocycles.